The number of likely N-dealkylation sites (N-methyl/N-ethyl adjacent to an activating group) is 1. The first-order valence-corrected chi connectivity index (χ1v) is 5.84. The highest BCUT2D eigenvalue weighted by Crippen LogP contribution is 2.19. The number of nitrogens with zero attached hydrogens (tertiary/aromatic N) is 1. The zero-order chi connectivity index (χ0) is 13.5. The Morgan fingerprint density at radius 2 is 2.11 bits per heavy atom. The summed E-state index contributed by atoms with van der Waals surface area (Å²) in [5.74, 6) is -0.132. The lowest BCUT2D eigenvalue weighted by Crippen LogP contribution is -2.36. The molecule has 0 saturated carbocycles. The molecule has 1 rings (SSSR count). The van der Waals surface area contributed by atoms with Crippen LogP contribution < -0.4 is 16.0 Å². The van der Waals surface area contributed by atoms with Gasteiger partial charge in [0.2, 0.25) is 5.91 Å². The van der Waals surface area contributed by atoms with Crippen LogP contribution in [0.3, 0.4) is 0 Å². The maximum absolute atomic E-state index is 11.7. The second-order valence-corrected chi connectivity index (χ2v) is 3.85. The van der Waals surface area contributed by atoms with E-state index in [0.29, 0.717) is 22.9 Å². The van der Waals surface area contributed by atoms with E-state index in [1.807, 2.05) is 0 Å². The molecule has 0 aliphatic carbocycles. The highest BCUT2D eigenvalue weighted by Gasteiger charge is 2.10. The maximum Gasteiger partial charge on any atom is 0.253 e. The van der Waals surface area contributed by atoms with Gasteiger partial charge in [-0.15, -0.1) is 0 Å². The van der Waals surface area contributed by atoms with E-state index in [0.717, 1.165) is 0 Å². The number of anilines is 1. The molecule has 7 heteroatoms. The van der Waals surface area contributed by atoms with Gasteiger partial charge in [-0.25, -0.2) is 4.98 Å². The molecule has 0 aliphatic rings. The Labute approximate surface area is 110 Å². The molecule has 6 nitrogen and oxygen atoms in total. The molecule has 1 aromatic rings. The first-order chi connectivity index (χ1) is 8.58. The number of amides is 2. The second kappa shape index (κ2) is 6.80. The van der Waals surface area contributed by atoms with Crippen LogP contribution in [-0.2, 0) is 4.79 Å². The normalized spacial score (nSPS) is 9.72. The number of hydrogen-bond donors (Lipinski definition) is 3. The van der Waals surface area contributed by atoms with Crippen molar-refractivity contribution in [1.29, 1.82) is 0 Å². The van der Waals surface area contributed by atoms with Crippen molar-refractivity contribution in [1.82, 2.24) is 15.6 Å². The fourth-order valence-corrected chi connectivity index (χ4v) is 1.53. The van der Waals surface area contributed by atoms with Gasteiger partial charge in [-0.3, -0.25) is 9.59 Å². The summed E-state index contributed by atoms with van der Waals surface area (Å²) < 4.78 is 0. The van der Waals surface area contributed by atoms with Crippen molar-refractivity contribution in [2.45, 2.75) is 6.92 Å². The summed E-state index contributed by atoms with van der Waals surface area (Å²) in [5.41, 5.74) is 0.309. The van der Waals surface area contributed by atoms with Crippen molar-refractivity contribution in [2.75, 3.05) is 25.5 Å². The summed E-state index contributed by atoms with van der Waals surface area (Å²) in [6.07, 6.45) is 1.39. The summed E-state index contributed by atoms with van der Waals surface area (Å²) in [5, 5.41) is 8.19. The van der Waals surface area contributed by atoms with E-state index in [9.17, 15) is 9.59 Å². The smallest absolute Gasteiger partial charge is 0.253 e. The molecule has 0 spiro atoms. The van der Waals surface area contributed by atoms with Gasteiger partial charge in [-0.2, -0.15) is 0 Å². The first kappa shape index (κ1) is 14.2. The molecular weight excluding hydrogens is 256 g/mol. The van der Waals surface area contributed by atoms with Crippen molar-refractivity contribution in [2.24, 2.45) is 0 Å². The van der Waals surface area contributed by atoms with Gasteiger partial charge in [0.15, 0.2) is 0 Å². The Bertz CT molecular complexity index is 451. The minimum absolute atomic E-state index is 0.0714. The molecule has 0 atom stereocenters. The minimum atomic E-state index is -0.390. The number of rotatable bonds is 5. The molecule has 2 amide bonds. The van der Waals surface area contributed by atoms with Crippen molar-refractivity contribution >= 4 is 29.2 Å². The van der Waals surface area contributed by atoms with Gasteiger partial charge in [-0.1, -0.05) is 11.6 Å². The molecule has 0 bridgehead atoms. The highest BCUT2D eigenvalue weighted by atomic mass is 35.5. The summed E-state index contributed by atoms with van der Waals surface area (Å²) in [4.78, 5) is 26.8. The molecular formula is C11H15ClN4O2. The highest BCUT2D eigenvalue weighted by molar-refractivity contribution is 6.33. The fourth-order valence-electron chi connectivity index (χ4n) is 1.27. The van der Waals surface area contributed by atoms with Gasteiger partial charge in [0.1, 0.15) is 5.82 Å². The second-order valence-electron chi connectivity index (χ2n) is 3.44. The quantitative estimate of drug-likeness (QED) is 0.733. The van der Waals surface area contributed by atoms with Gasteiger partial charge in [-0.05, 0) is 13.0 Å². The topological polar surface area (TPSA) is 83.1 Å². The van der Waals surface area contributed by atoms with E-state index < -0.39 is 5.91 Å². The average Bonchev–Trinajstić information content (AvgIpc) is 2.36. The molecule has 3 N–H and O–H groups in total. The molecule has 0 saturated heterocycles. The Hall–Kier alpha value is -1.82. The first-order valence-electron chi connectivity index (χ1n) is 5.46. The molecule has 0 radical (unpaired) electrons. The maximum atomic E-state index is 11.7. The van der Waals surface area contributed by atoms with E-state index in [-0.39, 0.29) is 12.5 Å². The minimum Gasteiger partial charge on any atom is -0.372 e. The predicted octanol–water partition coefficient (Wildman–Crippen LogP) is 0.643. The predicted molar refractivity (Wildman–Crippen MR) is 69.8 cm³/mol. The number of hydrogen-bond acceptors (Lipinski definition) is 4. The van der Waals surface area contributed by atoms with Crippen LogP contribution in [0.15, 0.2) is 12.3 Å². The van der Waals surface area contributed by atoms with Gasteiger partial charge in [0.05, 0.1) is 17.1 Å². The zero-order valence-corrected chi connectivity index (χ0v) is 11.0. The largest absolute Gasteiger partial charge is 0.372 e. The number of halogens is 1. The summed E-state index contributed by atoms with van der Waals surface area (Å²) in [6, 6.07) is 1.49. The molecule has 0 aliphatic heterocycles. The molecule has 18 heavy (non-hydrogen) atoms. The Kier molecular flexibility index (Phi) is 5.38. The molecule has 98 valence electrons. The van der Waals surface area contributed by atoms with Crippen LogP contribution in [0.1, 0.15) is 17.3 Å². The van der Waals surface area contributed by atoms with Crippen LogP contribution in [0.2, 0.25) is 5.02 Å². The lowest BCUT2D eigenvalue weighted by molar-refractivity contribution is -0.120. The molecule has 1 heterocycles. The molecule has 0 fully saturated rings. The third-order valence-corrected chi connectivity index (χ3v) is 2.41. The fraction of sp³-hybridized carbons (Fsp3) is 0.364. The Balaban J connectivity index is 2.62. The lowest BCUT2D eigenvalue weighted by atomic mass is 10.2. The van der Waals surface area contributed by atoms with Gasteiger partial charge >= 0.3 is 0 Å². The summed E-state index contributed by atoms with van der Waals surface area (Å²) >= 11 is 5.90. The molecule has 0 aromatic carbocycles. The number of carbonyl (C=O) groups excluding carboxylic acids is 2. The van der Waals surface area contributed by atoms with Crippen LogP contribution in [-0.4, -0.2) is 36.9 Å². The van der Waals surface area contributed by atoms with E-state index in [1.54, 1.807) is 14.0 Å². The Morgan fingerprint density at radius 3 is 2.67 bits per heavy atom. The van der Waals surface area contributed by atoms with Crippen LogP contribution in [0.5, 0.6) is 0 Å². The lowest BCUT2D eigenvalue weighted by Gasteiger charge is -2.07. The molecule has 1 aromatic heterocycles. The van der Waals surface area contributed by atoms with Gasteiger partial charge < -0.3 is 16.0 Å². The van der Waals surface area contributed by atoms with E-state index in [4.69, 9.17) is 11.6 Å². The number of nitrogens with one attached hydrogen (secondary N) is 3. The van der Waals surface area contributed by atoms with Crippen molar-refractivity contribution in [3.8, 4) is 0 Å². The monoisotopic (exact) mass is 270 g/mol. The summed E-state index contributed by atoms with van der Waals surface area (Å²) in [6.45, 7) is 2.26. The van der Waals surface area contributed by atoms with Gasteiger partial charge in [0, 0.05) is 19.8 Å². The van der Waals surface area contributed by atoms with Crippen LogP contribution in [0.4, 0.5) is 5.82 Å². The van der Waals surface area contributed by atoms with Gasteiger partial charge in [0.25, 0.3) is 5.91 Å². The van der Waals surface area contributed by atoms with Crippen molar-refractivity contribution in [3.05, 3.63) is 22.8 Å². The van der Waals surface area contributed by atoms with E-state index in [2.05, 4.69) is 20.9 Å². The molecule has 0 unspecified atom stereocenters. The number of aromatic nitrogens is 1. The SMILES string of the molecule is CCNC(=O)CNC(=O)c1cnc(NC)c(Cl)c1. The van der Waals surface area contributed by atoms with Crippen LogP contribution in [0.25, 0.3) is 0 Å². The van der Waals surface area contributed by atoms with E-state index in [1.165, 1.54) is 12.3 Å². The number of pyridine rings is 1. The van der Waals surface area contributed by atoms with Crippen LogP contribution in [0, 0.1) is 0 Å². The third-order valence-electron chi connectivity index (χ3n) is 2.12. The number of carbonyl (C=O) groups is 2. The van der Waals surface area contributed by atoms with Crippen molar-refractivity contribution < 1.29 is 9.59 Å². The Morgan fingerprint density at radius 1 is 1.39 bits per heavy atom. The third kappa shape index (κ3) is 3.89. The zero-order valence-electron chi connectivity index (χ0n) is 10.2. The average molecular weight is 271 g/mol. The standard InChI is InChI=1S/C11H15ClN4O2/c1-3-14-9(17)6-16-11(18)7-4-8(12)10(13-2)15-5-7/h4-5H,3,6H2,1-2H3,(H,13,15)(H,14,17)(H,16,18). The van der Waals surface area contributed by atoms with Crippen molar-refractivity contribution in [3.63, 3.8) is 0 Å². The summed E-state index contributed by atoms with van der Waals surface area (Å²) in [7, 11) is 1.68. The van der Waals surface area contributed by atoms with Crippen LogP contribution >= 0.6 is 11.6 Å². The van der Waals surface area contributed by atoms with E-state index >= 15 is 0 Å².